The first-order valence-corrected chi connectivity index (χ1v) is 6.68. The number of nitrogens with zero attached hydrogens (tertiary/aromatic N) is 1. The van der Waals surface area contributed by atoms with Crippen molar-refractivity contribution in [3.63, 3.8) is 0 Å². The molecular formula is C15H12Cl2N2O. The summed E-state index contributed by atoms with van der Waals surface area (Å²) in [7, 11) is 0. The van der Waals surface area contributed by atoms with Gasteiger partial charge in [0, 0.05) is 21.2 Å². The minimum absolute atomic E-state index is 0.320. The van der Waals surface area contributed by atoms with Crippen LogP contribution in [0.1, 0.15) is 22.8 Å². The summed E-state index contributed by atoms with van der Waals surface area (Å²) in [5, 5.41) is 5.14. The van der Waals surface area contributed by atoms with E-state index in [1.54, 1.807) is 37.3 Å². The molecule has 0 aliphatic carbocycles. The Balaban J connectivity index is 2.13. The van der Waals surface area contributed by atoms with E-state index in [0.29, 0.717) is 21.3 Å². The third-order valence-corrected chi connectivity index (χ3v) is 3.24. The second-order valence-electron chi connectivity index (χ2n) is 4.13. The number of hydrogen-bond acceptors (Lipinski definition) is 2. The second-order valence-corrected chi connectivity index (χ2v) is 4.97. The summed E-state index contributed by atoms with van der Waals surface area (Å²) in [6.45, 7) is 1.78. The molecule has 0 atom stereocenters. The van der Waals surface area contributed by atoms with Crippen molar-refractivity contribution < 1.29 is 4.79 Å². The summed E-state index contributed by atoms with van der Waals surface area (Å²) in [4.78, 5) is 11.9. The Labute approximate surface area is 127 Å². The Bertz CT molecular complexity index is 668. The van der Waals surface area contributed by atoms with Crippen molar-refractivity contribution >= 4 is 34.8 Å². The Morgan fingerprint density at radius 3 is 2.55 bits per heavy atom. The van der Waals surface area contributed by atoms with Crippen molar-refractivity contribution in [3.05, 3.63) is 69.7 Å². The molecule has 20 heavy (non-hydrogen) atoms. The van der Waals surface area contributed by atoms with Gasteiger partial charge in [-0.1, -0.05) is 47.5 Å². The molecule has 5 heteroatoms. The summed E-state index contributed by atoms with van der Waals surface area (Å²) in [6, 6.07) is 14.0. The van der Waals surface area contributed by atoms with Crippen LogP contribution in [0.15, 0.2) is 53.6 Å². The molecule has 0 aromatic heterocycles. The van der Waals surface area contributed by atoms with Crippen LogP contribution in [0.3, 0.4) is 0 Å². The van der Waals surface area contributed by atoms with Gasteiger partial charge in [-0.15, -0.1) is 0 Å². The van der Waals surface area contributed by atoms with E-state index in [4.69, 9.17) is 23.2 Å². The average Bonchev–Trinajstić information content (AvgIpc) is 2.45. The van der Waals surface area contributed by atoms with Gasteiger partial charge in [0.05, 0.1) is 5.71 Å². The van der Waals surface area contributed by atoms with Crippen LogP contribution in [0.25, 0.3) is 0 Å². The molecule has 0 saturated heterocycles. The highest BCUT2D eigenvalue weighted by Crippen LogP contribution is 2.15. The van der Waals surface area contributed by atoms with Gasteiger partial charge in [-0.3, -0.25) is 4.79 Å². The molecule has 2 rings (SSSR count). The molecule has 0 heterocycles. The zero-order chi connectivity index (χ0) is 14.5. The van der Waals surface area contributed by atoms with Gasteiger partial charge in [0.15, 0.2) is 0 Å². The highest BCUT2D eigenvalue weighted by atomic mass is 35.5. The highest BCUT2D eigenvalue weighted by Gasteiger charge is 2.06. The van der Waals surface area contributed by atoms with Gasteiger partial charge in [0.25, 0.3) is 5.91 Å². The zero-order valence-electron chi connectivity index (χ0n) is 10.7. The van der Waals surface area contributed by atoms with Gasteiger partial charge >= 0.3 is 0 Å². The van der Waals surface area contributed by atoms with Crippen molar-refractivity contribution in [1.82, 2.24) is 5.43 Å². The lowest BCUT2D eigenvalue weighted by Gasteiger charge is -2.05. The van der Waals surface area contributed by atoms with E-state index in [1.807, 2.05) is 18.2 Å². The van der Waals surface area contributed by atoms with E-state index in [-0.39, 0.29) is 5.91 Å². The molecule has 0 spiro atoms. The van der Waals surface area contributed by atoms with E-state index in [2.05, 4.69) is 10.5 Å². The fraction of sp³-hybridized carbons (Fsp3) is 0.0667. The van der Waals surface area contributed by atoms with Gasteiger partial charge in [-0.25, -0.2) is 5.43 Å². The number of hydrogen-bond donors (Lipinski definition) is 1. The van der Waals surface area contributed by atoms with Crippen LogP contribution in [0, 0.1) is 0 Å². The van der Waals surface area contributed by atoms with Crippen LogP contribution in [-0.2, 0) is 0 Å². The largest absolute Gasteiger partial charge is 0.271 e. The molecule has 0 aliphatic heterocycles. The summed E-state index contributed by atoms with van der Waals surface area (Å²) in [6.07, 6.45) is 0. The number of benzene rings is 2. The second kappa shape index (κ2) is 6.55. The molecule has 0 fully saturated rings. The number of hydrazone groups is 1. The van der Waals surface area contributed by atoms with Gasteiger partial charge in [-0.2, -0.15) is 5.10 Å². The minimum Gasteiger partial charge on any atom is -0.267 e. The number of amides is 1. The van der Waals surface area contributed by atoms with Crippen LogP contribution >= 0.6 is 23.2 Å². The fourth-order valence-corrected chi connectivity index (χ4v) is 2.11. The number of halogens is 2. The minimum atomic E-state index is -0.320. The van der Waals surface area contributed by atoms with Crippen LogP contribution in [0.2, 0.25) is 10.0 Å². The van der Waals surface area contributed by atoms with Gasteiger partial charge in [0.2, 0.25) is 0 Å². The quantitative estimate of drug-likeness (QED) is 0.672. The SMILES string of the molecule is CC(=NNC(=O)c1cccc(Cl)c1)c1ccccc1Cl. The average molecular weight is 307 g/mol. The predicted molar refractivity (Wildman–Crippen MR) is 82.6 cm³/mol. The van der Waals surface area contributed by atoms with Gasteiger partial charge in [0.1, 0.15) is 0 Å². The summed E-state index contributed by atoms with van der Waals surface area (Å²) < 4.78 is 0. The predicted octanol–water partition coefficient (Wildman–Crippen LogP) is 4.15. The maximum atomic E-state index is 11.9. The summed E-state index contributed by atoms with van der Waals surface area (Å²) >= 11 is 11.9. The molecule has 2 aromatic carbocycles. The van der Waals surface area contributed by atoms with E-state index < -0.39 is 0 Å². The summed E-state index contributed by atoms with van der Waals surface area (Å²) in [5.41, 5.74) is 4.34. The van der Waals surface area contributed by atoms with E-state index in [9.17, 15) is 4.79 Å². The van der Waals surface area contributed by atoms with Crippen LogP contribution in [0.5, 0.6) is 0 Å². The van der Waals surface area contributed by atoms with Crippen molar-refractivity contribution in [3.8, 4) is 0 Å². The third-order valence-electron chi connectivity index (χ3n) is 2.68. The van der Waals surface area contributed by atoms with Crippen molar-refractivity contribution in [1.29, 1.82) is 0 Å². The number of carbonyl (C=O) groups is 1. The molecule has 0 unspecified atom stereocenters. The van der Waals surface area contributed by atoms with Gasteiger partial charge < -0.3 is 0 Å². The Morgan fingerprint density at radius 2 is 1.85 bits per heavy atom. The lowest BCUT2D eigenvalue weighted by Crippen LogP contribution is -2.19. The maximum Gasteiger partial charge on any atom is 0.271 e. The van der Waals surface area contributed by atoms with Crippen molar-refractivity contribution in [2.45, 2.75) is 6.92 Å². The first kappa shape index (κ1) is 14.6. The smallest absolute Gasteiger partial charge is 0.267 e. The first-order valence-electron chi connectivity index (χ1n) is 5.93. The maximum absolute atomic E-state index is 11.9. The Kier molecular flexibility index (Phi) is 4.77. The number of carbonyl (C=O) groups excluding carboxylic acids is 1. The van der Waals surface area contributed by atoms with Crippen LogP contribution in [-0.4, -0.2) is 11.6 Å². The van der Waals surface area contributed by atoms with E-state index in [1.165, 1.54) is 0 Å². The standard InChI is InChI=1S/C15H12Cl2N2O/c1-10(13-7-2-3-8-14(13)17)18-19-15(20)11-5-4-6-12(16)9-11/h2-9H,1H3,(H,19,20). The van der Waals surface area contributed by atoms with E-state index >= 15 is 0 Å². The lowest BCUT2D eigenvalue weighted by atomic mass is 10.1. The normalized spacial score (nSPS) is 11.2. The molecule has 1 amide bonds. The Morgan fingerprint density at radius 1 is 1.10 bits per heavy atom. The van der Waals surface area contributed by atoms with Gasteiger partial charge in [-0.05, 0) is 31.2 Å². The molecule has 3 nitrogen and oxygen atoms in total. The molecule has 102 valence electrons. The molecule has 0 saturated carbocycles. The van der Waals surface area contributed by atoms with Crippen LogP contribution in [0.4, 0.5) is 0 Å². The zero-order valence-corrected chi connectivity index (χ0v) is 12.2. The topological polar surface area (TPSA) is 41.5 Å². The lowest BCUT2D eigenvalue weighted by molar-refractivity contribution is 0.0955. The first-order chi connectivity index (χ1) is 9.58. The molecule has 0 bridgehead atoms. The van der Waals surface area contributed by atoms with E-state index in [0.717, 1.165) is 5.56 Å². The number of nitrogens with one attached hydrogen (secondary N) is 1. The number of rotatable bonds is 3. The molecule has 2 aromatic rings. The highest BCUT2D eigenvalue weighted by molar-refractivity contribution is 6.34. The van der Waals surface area contributed by atoms with Crippen LogP contribution < -0.4 is 5.43 Å². The summed E-state index contributed by atoms with van der Waals surface area (Å²) in [5.74, 6) is -0.320. The molecule has 0 radical (unpaired) electrons. The van der Waals surface area contributed by atoms with Crippen molar-refractivity contribution in [2.24, 2.45) is 5.10 Å². The Hall–Kier alpha value is -1.84. The van der Waals surface area contributed by atoms with Crippen molar-refractivity contribution in [2.75, 3.05) is 0 Å². The monoisotopic (exact) mass is 306 g/mol. The molecule has 0 aliphatic rings. The fourth-order valence-electron chi connectivity index (χ4n) is 1.64. The molecular weight excluding hydrogens is 295 g/mol. The molecule has 1 N–H and O–H groups in total. The third kappa shape index (κ3) is 3.59.